The van der Waals surface area contributed by atoms with E-state index in [0.717, 1.165) is 37.0 Å². The summed E-state index contributed by atoms with van der Waals surface area (Å²) in [7, 11) is 0. The topological polar surface area (TPSA) is 99.2 Å². The van der Waals surface area contributed by atoms with E-state index in [1.807, 2.05) is 42.2 Å². The number of ether oxygens (including phenoxy) is 1. The number of fused-ring (bicyclic) bond motifs is 1. The Morgan fingerprint density at radius 1 is 1.21 bits per heavy atom. The van der Waals surface area contributed by atoms with Crippen LogP contribution in [0.2, 0.25) is 5.02 Å². The molecule has 1 saturated heterocycles. The van der Waals surface area contributed by atoms with Gasteiger partial charge in [0.15, 0.2) is 6.10 Å². The minimum absolute atomic E-state index is 0.168. The van der Waals surface area contributed by atoms with Gasteiger partial charge in [-0.25, -0.2) is 4.68 Å². The van der Waals surface area contributed by atoms with E-state index in [-0.39, 0.29) is 5.91 Å². The van der Waals surface area contributed by atoms with E-state index in [1.165, 1.54) is 0 Å². The van der Waals surface area contributed by atoms with Gasteiger partial charge < -0.3 is 14.2 Å². The van der Waals surface area contributed by atoms with Gasteiger partial charge in [-0.15, -0.1) is 5.10 Å². The van der Waals surface area contributed by atoms with Crippen LogP contribution in [0, 0.1) is 0 Å². The minimum Gasteiger partial charge on any atom is -0.481 e. The summed E-state index contributed by atoms with van der Waals surface area (Å²) in [6, 6.07) is 12.8. The molecule has 0 saturated carbocycles. The molecule has 3 heterocycles. The minimum atomic E-state index is -0.442. The van der Waals surface area contributed by atoms with Gasteiger partial charge in [0.25, 0.3) is 5.89 Å². The van der Waals surface area contributed by atoms with Gasteiger partial charge in [-0.2, -0.15) is 4.98 Å². The Hall–Kier alpha value is -3.46. The monoisotopic (exact) mass is 466 g/mol. The van der Waals surface area contributed by atoms with E-state index in [0.29, 0.717) is 41.0 Å². The fourth-order valence-corrected chi connectivity index (χ4v) is 4.10. The van der Waals surface area contributed by atoms with Crippen LogP contribution in [0.3, 0.4) is 0 Å². The van der Waals surface area contributed by atoms with Gasteiger partial charge >= 0.3 is 0 Å². The Balaban J connectivity index is 1.27. The molecule has 1 aliphatic heterocycles. The van der Waals surface area contributed by atoms with Crippen molar-refractivity contribution in [3.8, 4) is 17.1 Å². The zero-order valence-corrected chi connectivity index (χ0v) is 18.9. The molecule has 4 aromatic rings. The number of likely N-dealkylation sites (tertiary alicyclic amines) is 1. The SMILES string of the molecule is C[C@@H](Oc1cccc(Cl)c1)c1nc(-c2ccc3c(c2)nnn3CCC(=O)N2CCCC2)no1. The average Bonchev–Trinajstić information content (AvgIpc) is 3.58. The summed E-state index contributed by atoms with van der Waals surface area (Å²) in [6.45, 7) is 4.04. The van der Waals surface area contributed by atoms with Gasteiger partial charge in [-0.3, -0.25) is 4.79 Å². The Morgan fingerprint density at radius 3 is 2.88 bits per heavy atom. The Kier molecular flexibility index (Phi) is 5.95. The summed E-state index contributed by atoms with van der Waals surface area (Å²) in [6.07, 6.45) is 2.15. The molecule has 33 heavy (non-hydrogen) atoms. The van der Waals surface area contributed by atoms with Crippen molar-refractivity contribution in [1.82, 2.24) is 30.0 Å². The summed E-state index contributed by atoms with van der Waals surface area (Å²) in [5.41, 5.74) is 2.32. The smallest absolute Gasteiger partial charge is 0.267 e. The van der Waals surface area contributed by atoms with Crippen LogP contribution < -0.4 is 4.74 Å². The van der Waals surface area contributed by atoms with Crippen LogP contribution in [0.25, 0.3) is 22.4 Å². The molecular weight excluding hydrogens is 444 g/mol. The van der Waals surface area contributed by atoms with E-state index >= 15 is 0 Å². The maximum absolute atomic E-state index is 12.3. The molecule has 0 spiro atoms. The molecule has 1 amide bonds. The number of hydrogen-bond acceptors (Lipinski definition) is 7. The maximum Gasteiger partial charge on any atom is 0.267 e. The van der Waals surface area contributed by atoms with E-state index in [1.54, 1.807) is 16.8 Å². The van der Waals surface area contributed by atoms with Gasteiger partial charge in [0.1, 0.15) is 11.3 Å². The third kappa shape index (κ3) is 4.68. The highest BCUT2D eigenvalue weighted by atomic mass is 35.5. The van der Waals surface area contributed by atoms with E-state index in [4.69, 9.17) is 20.9 Å². The largest absolute Gasteiger partial charge is 0.481 e. The fourth-order valence-electron chi connectivity index (χ4n) is 3.92. The van der Waals surface area contributed by atoms with Crippen molar-refractivity contribution in [3.05, 3.63) is 53.4 Å². The van der Waals surface area contributed by atoms with Gasteiger partial charge in [-0.1, -0.05) is 28.0 Å². The molecule has 1 fully saturated rings. The quantitative estimate of drug-likeness (QED) is 0.400. The number of halogens is 1. The van der Waals surface area contributed by atoms with Gasteiger partial charge in [0, 0.05) is 30.1 Å². The summed E-state index contributed by atoms with van der Waals surface area (Å²) in [5.74, 6) is 1.58. The van der Waals surface area contributed by atoms with Crippen LogP contribution in [-0.2, 0) is 11.3 Å². The lowest BCUT2D eigenvalue weighted by molar-refractivity contribution is -0.130. The van der Waals surface area contributed by atoms with Crippen LogP contribution in [-0.4, -0.2) is 49.0 Å². The summed E-state index contributed by atoms with van der Waals surface area (Å²) in [4.78, 5) is 18.7. The highest BCUT2D eigenvalue weighted by Crippen LogP contribution is 2.26. The van der Waals surface area contributed by atoms with E-state index in [2.05, 4.69) is 20.5 Å². The molecule has 170 valence electrons. The van der Waals surface area contributed by atoms with Crippen molar-refractivity contribution in [2.45, 2.75) is 38.8 Å². The number of amides is 1. The van der Waals surface area contributed by atoms with Gasteiger partial charge in [-0.05, 0) is 56.2 Å². The molecule has 0 unspecified atom stereocenters. The molecule has 1 aliphatic rings. The third-order valence-corrected chi connectivity index (χ3v) is 5.90. The molecule has 10 heteroatoms. The highest BCUT2D eigenvalue weighted by Gasteiger charge is 2.20. The predicted octanol–water partition coefficient (Wildman–Crippen LogP) is 4.29. The first-order chi connectivity index (χ1) is 16.1. The Labute approximate surface area is 195 Å². The highest BCUT2D eigenvalue weighted by molar-refractivity contribution is 6.30. The number of rotatable bonds is 7. The molecule has 1 atom stereocenters. The number of aromatic nitrogens is 5. The van der Waals surface area contributed by atoms with Crippen molar-refractivity contribution >= 4 is 28.5 Å². The van der Waals surface area contributed by atoms with Crippen LogP contribution in [0.15, 0.2) is 47.0 Å². The van der Waals surface area contributed by atoms with Gasteiger partial charge in [0.2, 0.25) is 11.7 Å². The zero-order chi connectivity index (χ0) is 22.8. The Bertz CT molecular complexity index is 1280. The van der Waals surface area contributed by atoms with Crippen LogP contribution in [0.4, 0.5) is 0 Å². The summed E-state index contributed by atoms with van der Waals surface area (Å²) < 4.78 is 13.0. The number of carbonyl (C=O) groups is 1. The second-order valence-corrected chi connectivity index (χ2v) is 8.46. The normalized spacial score (nSPS) is 14.7. The molecule has 2 aromatic carbocycles. The molecule has 0 N–H and O–H groups in total. The number of carbonyl (C=O) groups excluding carboxylic acids is 1. The van der Waals surface area contributed by atoms with E-state index in [9.17, 15) is 4.79 Å². The van der Waals surface area contributed by atoms with Crippen molar-refractivity contribution in [2.75, 3.05) is 13.1 Å². The molecule has 0 bridgehead atoms. The first-order valence-electron chi connectivity index (χ1n) is 10.9. The molecular formula is C23H23ClN6O3. The van der Waals surface area contributed by atoms with E-state index < -0.39 is 6.10 Å². The number of nitrogens with zero attached hydrogens (tertiary/aromatic N) is 6. The zero-order valence-electron chi connectivity index (χ0n) is 18.1. The van der Waals surface area contributed by atoms with Crippen molar-refractivity contribution in [2.24, 2.45) is 0 Å². The second kappa shape index (κ2) is 9.19. The first kappa shape index (κ1) is 21.4. The third-order valence-electron chi connectivity index (χ3n) is 5.67. The lowest BCUT2D eigenvalue weighted by Crippen LogP contribution is -2.28. The maximum atomic E-state index is 12.3. The number of benzene rings is 2. The summed E-state index contributed by atoms with van der Waals surface area (Å²) in [5, 5.41) is 13.1. The lowest BCUT2D eigenvalue weighted by Gasteiger charge is -2.14. The van der Waals surface area contributed by atoms with Crippen molar-refractivity contribution < 1.29 is 14.1 Å². The molecule has 5 rings (SSSR count). The number of aryl methyl sites for hydroxylation is 1. The summed E-state index contributed by atoms with van der Waals surface area (Å²) >= 11 is 6.01. The molecule has 0 radical (unpaired) electrons. The predicted molar refractivity (Wildman–Crippen MR) is 122 cm³/mol. The molecule has 9 nitrogen and oxygen atoms in total. The molecule has 0 aliphatic carbocycles. The van der Waals surface area contributed by atoms with Crippen LogP contribution >= 0.6 is 11.6 Å². The lowest BCUT2D eigenvalue weighted by atomic mass is 10.2. The fraction of sp³-hybridized carbons (Fsp3) is 0.348. The second-order valence-electron chi connectivity index (χ2n) is 8.03. The van der Waals surface area contributed by atoms with Crippen molar-refractivity contribution in [1.29, 1.82) is 0 Å². The number of hydrogen-bond donors (Lipinski definition) is 0. The Morgan fingerprint density at radius 2 is 2.06 bits per heavy atom. The van der Waals surface area contributed by atoms with Gasteiger partial charge in [0.05, 0.1) is 12.1 Å². The standard InChI is InChI=1S/C23H23ClN6O3/c1-15(32-18-6-4-5-17(24)14-18)23-25-22(27-33-23)16-7-8-20-19(13-16)26-28-30(20)12-9-21(31)29-10-2-3-11-29/h4-8,13-15H,2-3,9-12H2,1H3/t15-/m1/s1. The first-order valence-corrected chi connectivity index (χ1v) is 11.3. The van der Waals surface area contributed by atoms with Crippen molar-refractivity contribution in [3.63, 3.8) is 0 Å². The van der Waals surface area contributed by atoms with Crippen LogP contribution in [0.1, 0.15) is 38.2 Å². The van der Waals surface area contributed by atoms with Crippen LogP contribution in [0.5, 0.6) is 5.75 Å². The molecule has 2 aromatic heterocycles. The average molecular weight is 467 g/mol.